The highest BCUT2D eigenvalue weighted by atomic mass is 127. The summed E-state index contributed by atoms with van der Waals surface area (Å²) >= 11 is 0. The second-order valence-electron chi connectivity index (χ2n) is 6.95. The van der Waals surface area contributed by atoms with E-state index in [0.29, 0.717) is 18.5 Å². The largest absolute Gasteiger partial charge is 0.359 e. The zero-order chi connectivity index (χ0) is 17.6. The van der Waals surface area contributed by atoms with E-state index in [4.69, 9.17) is 4.52 Å². The minimum absolute atomic E-state index is 0. The van der Waals surface area contributed by atoms with E-state index in [2.05, 4.69) is 57.3 Å². The van der Waals surface area contributed by atoms with E-state index in [1.807, 2.05) is 7.05 Å². The summed E-state index contributed by atoms with van der Waals surface area (Å²) in [6, 6.07) is 2.71. The number of aliphatic imine (C=N–C) groups is 1. The average molecular weight is 473 g/mol. The summed E-state index contributed by atoms with van der Waals surface area (Å²) in [4.78, 5) is 9.34. The second kappa shape index (κ2) is 10.3. The molecule has 1 atom stereocenters. The molecule has 0 amide bonds. The number of hydrogen-bond donors (Lipinski definition) is 1. The highest BCUT2D eigenvalue weighted by Crippen LogP contribution is 2.22. The molecule has 2 aliphatic heterocycles. The van der Waals surface area contributed by atoms with Crippen molar-refractivity contribution in [3.05, 3.63) is 29.7 Å². The van der Waals surface area contributed by atoms with E-state index < -0.39 is 0 Å². The van der Waals surface area contributed by atoms with Crippen molar-refractivity contribution in [2.75, 3.05) is 33.2 Å². The molecular weight excluding hydrogens is 441 g/mol. The molecule has 1 fully saturated rings. The second-order valence-corrected chi connectivity index (χ2v) is 6.95. The molecule has 0 aliphatic carbocycles. The van der Waals surface area contributed by atoms with Crippen LogP contribution in [0.5, 0.6) is 0 Å². The van der Waals surface area contributed by atoms with Crippen LogP contribution in [-0.4, -0.2) is 60.2 Å². The Bertz CT molecular complexity index is 603. The summed E-state index contributed by atoms with van der Waals surface area (Å²) in [6.45, 7) is 9.28. The number of aromatic nitrogens is 1. The number of nitrogens with zero attached hydrogens (tertiary/aromatic N) is 4. The van der Waals surface area contributed by atoms with Crippen LogP contribution in [-0.2, 0) is 6.54 Å². The van der Waals surface area contributed by atoms with Gasteiger partial charge in [0, 0.05) is 51.3 Å². The fourth-order valence-corrected chi connectivity index (χ4v) is 3.83. The van der Waals surface area contributed by atoms with Gasteiger partial charge >= 0.3 is 0 Å². The maximum atomic E-state index is 5.51. The lowest BCUT2D eigenvalue weighted by molar-refractivity contribution is 0.259. The molecule has 0 spiro atoms. The van der Waals surface area contributed by atoms with E-state index in [1.165, 1.54) is 6.42 Å². The summed E-state index contributed by atoms with van der Waals surface area (Å²) < 4.78 is 5.51. The third-order valence-corrected chi connectivity index (χ3v) is 5.44. The van der Waals surface area contributed by atoms with Crippen molar-refractivity contribution in [3.8, 4) is 0 Å². The van der Waals surface area contributed by atoms with E-state index in [-0.39, 0.29) is 24.0 Å². The third kappa shape index (κ3) is 5.00. The standard InChI is InChI=1S/C19H31N5O.HI/c1-4-15(5-2)18-12-17(25-22-18)13-21-19(20-3)24-11-8-16(14-24)23-9-6-7-10-23;/h6-7,12,15-16H,4-5,8-11,13-14H2,1-3H3,(H,20,21);1H. The molecule has 0 aromatic carbocycles. The quantitative estimate of drug-likeness (QED) is 0.298. The van der Waals surface area contributed by atoms with Gasteiger partial charge in [-0.15, -0.1) is 24.0 Å². The van der Waals surface area contributed by atoms with E-state index >= 15 is 0 Å². The lowest BCUT2D eigenvalue weighted by atomic mass is 9.99. The third-order valence-electron chi connectivity index (χ3n) is 5.44. The molecule has 1 unspecified atom stereocenters. The highest BCUT2D eigenvalue weighted by molar-refractivity contribution is 14.0. The van der Waals surface area contributed by atoms with Gasteiger partial charge < -0.3 is 14.7 Å². The minimum Gasteiger partial charge on any atom is -0.359 e. The number of guanidine groups is 1. The summed E-state index contributed by atoms with van der Waals surface area (Å²) in [6.07, 6.45) is 7.91. The Morgan fingerprint density at radius 2 is 2.08 bits per heavy atom. The molecule has 1 N–H and O–H groups in total. The Morgan fingerprint density at radius 1 is 1.35 bits per heavy atom. The van der Waals surface area contributed by atoms with Crippen molar-refractivity contribution >= 4 is 29.9 Å². The fraction of sp³-hybridized carbons (Fsp3) is 0.684. The van der Waals surface area contributed by atoms with Crippen LogP contribution < -0.4 is 5.32 Å². The van der Waals surface area contributed by atoms with Crippen LogP contribution in [0.4, 0.5) is 0 Å². The van der Waals surface area contributed by atoms with Gasteiger partial charge in [-0.3, -0.25) is 9.89 Å². The molecule has 2 aliphatic rings. The van der Waals surface area contributed by atoms with Crippen molar-refractivity contribution in [1.29, 1.82) is 0 Å². The van der Waals surface area contributed by atoms with Crippen LogP contribution in [0.25, 0.3) is 0 Å². The number of likely N-dealkylation sites (tertiary alicyclic amines) is 1. The maximum absolute atomic E-state index is 5.51. The SMILES string of the molecule is CCC(CC)c1cc(CNC(=NC)N2CCC(N3CC=CC3)C2)on1.I. The van der Waals surface area contributed by atoms with E-state index in [9.17, 15) is 0 Å². The smallest absolute Gasteiger partial charge is 0.194 e. The summed E-state index contributed by atoms with van der Waals surface area (Å²) in [7, 11) is 1.85. The Morgan fingerprint density at radius 3 is 2.73 bits per heavy atom. The van der Waals surface area contributed by atoms with Crippen LogP contribution in [0, 0.1) is 0 Å². The average Bonchev–Trinajstić information content (AvgIpc) is 3.38. The zero-order valence-electron chi connectivity index (χ0n) is 16.1. The summed E-state index contributed by atoms with van der Waals surface area (Å²) in [5.41, 5.74) is 1.07. The van der Waals surface area contributed by atoms with Gasteiger partial charge in [0.25, 0.3) is 0 Å². The van der Waals surface area contributed by atoms with Gasteiger partial charge in [0.2, 0.25) is 0 Å². The fourth-order valence-electron chi connectivity index (χ4n) is 3.83. The molecule has 1 aromatic heterocycles. The van der Waals surface area contributed by atoms with Gasteiger partial charge in [-0.25, -0.2) is 0 Å². The molecule has 3 heterocycles. The van der Waals surface area contributed by atoms with Gasteiger partial charge in [-0.05, 0) is 19.3 Å². The van der Waals surface area contributed by atoms with Gasteiger partial charge in [-0.1, -0.05) is 31.2 Å². The lowest BCUT2D eigenvalue weighted by Gasteiger charge is -2.25. The van der Waals surface area contributed by atoms with Gasteiger partial charge in [0.1, 0.15) is 0 Å². The highest BCUT2D eigenvalue weighted by Gasteiger charge is 2.29. The number of rotatable bonds is 6. The number of halogens is 1. The monoisotopic (exact) mass is 473 g/mol. The Balaban J connectivity index is 0.00000243. The molecule has 26 heavy (non-hydrogen) atoms. The topological polar surface area (TPSA) is 56.9 Å². The van der Waals surface area contributed by atoms with Crippen molar-refractivity contribution in [2.24, 2.45) is 4.99 Å². The first kappa shape index (κ1) is 21.2. The minimum atomic E-state index is 0. The first-order valence-electron chi connectivity index (χ1n) is 9.55. The molecule has 0 saturated carbocycles. The van der Waals surface area contributed by atoms with Gasteiger partial charge in [-0.2, -0.15) is 0 Å². The Kier molecular flexibility index (Phi) is 8.40. The van der Waals surface area contributed by atoms with Gasteiger partial charge in [0.15, 0.2) is 11.7 Å². The molecular formula is C19H32IN5O. The van der Waals surface area contributed by atoms with Crippen molar-refractivity contribution < 1.29 is 4.52 Å². The predicted molar refractivity (Wildman–Crippen MR) is 116 cm³/mol. The molecule has 1 saturated heterocycles. The molecule has 6 nitrogen and oxygen atoms in total. The maximum Gasteiger partial charge on any atom is 0.194 e. The van der Waals surface area contributed by atoms with Crippen LogP contribution in [0.15, 0.2) is 27.7 Å². The summed E-state index contributed by atoms with van der Waals surface area (Å²) in [5, 5.41) is 7.68. The Labute approximate surface area is 174 Å². The first-order chi connectivity index (χ1) is 12.2. The normalized spacial score (nSPS) is 20.8. The van der Waals surface area contributed by atoms with Crippen LogP contribution in [0.3, 0.4) is 0 Å². The number of hydrogen-bond acceptors (Lipinski definition) is 4. The summed E-state index contributed by atoms with van der Waals surface area (Å²) in [5.74, 6) is 2.32. The van der Waals surface area contributed by atoms with Crippen molar-refractivity contribution in [2.45, 2.75) is 51.6 Å². The lowest BCUT2D eigenvalue weighted by Crippen LogP contribution is -2.42. The molecule has 146 valence electrons. The van der Waals surface area contributed by atoms with Crippen molar-refractivity contribution in [1.82, 2.24) is 20.3 Å². The van der Waals surface area contributed by atoms with Crippen LogP contribution in [0.2, 0.25) is 0 Å². The van der Waals surface area contributed by atoms with E-state index in [1.54, 1.807) is 0 Å². The molecule has 1 aromatic rings. The van der Waals surface area contributed by atoms with Crippen molar-refractivity contribution in [3.63, 3.8) is 0 Å². The molecule has 3 rings (SSSR count). The van der Waals surface area contributed by atoms with Crippen LogP contribution in [0.1, 0.15) is 50.5 Å². The molecule has 7 heteroatoms. The predicted octanol–water partition coefficient (Wildman–Crippen LogP) is 3.22. The zero-order valence-corrected chi connectivity index (χ0v) is 18.5. The number of nitrogens with one attached hydrogen (secondary N) is 1. The van der Waals surface area contributed by atoms with Crippen LogP contribution >= 0.6 is 24.0 Å². The van der Waals surface area contributed by atoms with Gasteiger partial charge in [0.05, 0.1) is 12.2 Å². The Hall–Kier alpha value is -1.09. The first-order valence-corrected chi connectivity index (χ1v) is 9.55. The molecule has 0 radical (unpaired) electrons. The van der Waals surface area contributed by atoms with E-state index in [0.717, 1.165) is 56.4 Å². The molecule has 0 bridgehead atoms.